The maximum Gasteiger partial charge on any atom is 0.499 e. The first-order valence-corrected chi connectivity index (χ1v) is 4.68. The van der Waals surface area contributed by atoms with Crippen LogP contribution in [0.25, 0.3) is 0 Å². The van der Waals surface area contributed by atoms with Crippen LogP contribution >= 0.6 is 27.3 Å². The van der Waals surface area contributed by atoms with Gasteiger partial charge in [-0.2, -0.15) is 0 Å². The minimum atomic E-state index is -1.32. The maximum atomic E-state index is 8.68. The third kappa shape index (κ3) is 1.82. The smallest absolute Gasteiger partial charge is 0.423 e. The van der Waals surface area contributed by atoms with Crippen LogP contribution < -0.4 is 4.78 Å². The van der Waals surface area contributed by atoms with Crippen molar-refractivity contribution in [3.05, 3.63) is 17.0 Å². The Hall–Kier alpha value is 0.165. The second kappa shape index (κ2) is 3.53. The van der Waals surface area contributed by atoms with Crippen LogP contribution in [0.2, 0.25) is 0 Å². The molecule has 10 heavy (non-hydrogen) atoms. The second-order valence-electron chi connectivity index (χ2n) is 1.81. The van der Waals surface area contributed by atoms with E-state index in [4.69, 9.17) is 10.0 Å². The van der Waals surface area contributed by atoms with Crippen LogP contribution in [0.1, 0.15) is 4.88 Å². The van der Waals surface area contributed by atoms with Crippen molar-refractivity contribution in [2.75, 3.05) is 0 Å². The van der Waals surface area contributed by atoms with Gasteiger partial charge in [0.2, 0.25) is 0 Å². The van der Waals surface area contributed by atoms with Crippen molar-refractivity contribution >= 4 is 39.2 Å². The summed E-state index contributed by atoms with van der Waals surface area (Å²) in [5.41, 5.74) is 0. The van der Waals surface area contributed by atoms with E-state index in [2.05, 4.69) is 15.9 Å². The first-order chi connectivity index (χ1) is 4.74. The van der Waals surface area contributed by atoms with Gasteiger partial charge in [0.05, 0.1) is 0 Å². The Bertz CT molecular complexity index is 213. The van der Waals surface area contributed by atoms with Crippen LogP contribution in [-0.4, -0.2) is 17.2 Å². The van der Waals surface area contributed by atoms with Gasteiger partial charge < -0.3 is 10.0 Å². The van der Waals surface area contributed by atoms with Gasteiger partial charge in [-0.15, -0.1) is 11.3 Å². The first kappa shape index (κ1) is 8.26. The van der Waals surface area contributed by atoms with E-state index in [9.17, 15) is 0 Å². The van der Waals surface area contributed by atoms with Crippen LogP contribution in [0, 0.1) is 0 Å². The summed E-state index contributed by atoms with van der Waals surface area (Å²) in [6, 6.07) is 3.58. The lowest BCUT2D eigenvalue weighted by molar-refractivity contribution is 0.427. The quantitative estimate of drug-likeness (QED) is 0.557. The van der Waals surface area contributed by atoms with E-state index in [1.807, 2.05) is 6.07 Å². The summed E-state index contributed by atoms with van der Waals surface area (Å²) in [4.78, 5) is 1.10. The predicted octanol–water partition coefficient (Wildman–Crippen LogP) is 0.323. The Balaban J connectivity index is 2.78. The SMILES string of the molecule is OB(O)c1ccc(CBr)s1. The molecule has 0 radical (unpaired) electrons. The van der Waals surface area contributed by atoms with Gasteiger partial charge >= 0.3 is 7.12 Å². The molecule has 1 rings (SSSR count). The highest BCUT2D eigenvalue weighted by atomic mass is 79.9. The first-order valence-electron chi connectivity index (χ1n) is 2.74. The number of rotatable bonds is 2. The van der Waals surface area contributed by atoms with E-state index >= 15 is 0 Å². The molecule has 2 N–H and O–H groups in total. The predicted molar refractivity (Wildman–Crippen MR) is 46.8 cm³/mol. The Morgan fingerprint density at radius 3 is 2.50 bits per heavy atom. The molecule has 0 saturated carbocycles. The third-order valence-electron chi connectivity index (χ3n) is 1.07. The molecular weight excluding hydrogens is 215 g/mol. The van der Waals surface area contributed by atoms with E-state index in [0.717, 1.165) is 10.2 Å². The fourth-order valence-corrected chi connectivity index (χ4v) is 1.87. The molecule has 0 saturated heterocycles. The zero-order valence-corrected chi connectivity index (χ0v) is 7.52. The fraction of sp³-hybridized carbons (Fsp3) is 0.200. The highest BCUT2D eigenvalue weighted by molar-refractivity contribution is 9.08. The van der Waals surface area contributed by atoms with E-state index in [-0.39, 0.29) is 0 Å². The van der Waals surface area contributed by atoms with Gasteiger partial charge in [-0.1, -0.05) is 22.0 Å². The molecule has 0 fully saturated rings. The molecule has 0 unspecified atom stereocenters. The van der Waals surface area contributed by atoms with Crippen molar-refractivity contribution in [3.8, 4) is 0 Å². The number of hydrogen-bond acceptors (Lipinski definition) is 3. The van der Waals surface area contributed by atoms with E-state index in [0.29, 0.717) is 4.78 Å². The number of hydrogen-bond donors (Lipinski definition) is 2. The van der Waals surface area contributed by atoms with Crippen molar-refractivity contribution in [1.29, 1.82) is 0 Å². The molecule has 0 amide bonds. The molecule has 1 aromatic rings. The number of halogens is 1. The molecule has 2 nitrogen and oxygen atoms in total. The Labute approximate surface area is 71.8 Å². The molecule has 0 aliphatic carbocycles. The van der Waals surface area contributed by atoms with E-state index < -0.39 is 7.12 Å². The maximum absolute atomic E-state index is 8.68. The largest absolute Gasteiger partial charge is 0.499 e. The standard InChI is InChI=1S/C5H6BBrO2S/c7-3-4-1-2-5(10-4)6(8)9/h1-2,8-9H,3H2. The van der Waals surface area contributed by atoms with Gasteiger partial charge in [0.25, 0.3) is 0 Å². The Morgan fingerprint density at radius 1 is 1.50 bits per heavy atom. The lowest BCUT2D eigenvalue weighted by Gasteiger charge is -1.88. The van der Waals surface area contributed by atoms with Crippen LogP contribution in [0.4, 0.5) is 0 Å². The minimum Gasteiger partial charge on any atom is -0.423 e. The van der Waals surface area contributed by atoms with Gasteiger partial charge in [-0.05, 0) is 6.07 Å². The molecule has 5 heteroatoms. The lowest BCUT2D eigenvalue weighted by atomic mass is 9.90. The summed E-state index contributed by atoms with van der Waals surface area (Å²) >= 11 is 4.66. The van der Waals surface area contributed by atoms with E-state index in [1.165, 1.54) is 11.3 Å². The molecule has 0 aliphatic rings. The molecule has 1 heterocycles. The molecule has 0 aliphatic heterocycles. The van der Waals surface area contributed by atoms with Crippen LogP contribution in [0.15, 0.2) is 12.1 Å². The number of thiophene rings is 1. The third-order valence-corrected chi connectivity index (χ3v) is 3.17. The van der Waals surface area contributed by atoms with Crippen molar-refractivity contribution in [2.24, 2.45) is 0 Å². The molecule has 1 aromatic heterocycles. The fourth-order valence-electron chi connectivity index (χ4n) is 0.605. The van der Waals surface area contributed by atoms with Crippen molar-refractivity contribution < 1.29 is 10.0 Å². The van der Waals surface area contributed by atoms with Crippen LogP contribution in [0.3, 0.4) is 0 Å². The van der Waals surface area contributed by atoms with Crippen LogP contribution in [0.5, 0.6) is 0 Å². The zero-order valence-electron chi connectivity index (χ0n) is 5.12. The van der Waals surface area contributed by atoms with Gasteiger partial charge in [0.1, 0.15) is 0 Å². The lowest BCUT2D eigenvalue weighted by Crippen LogP contribution is -2.26. The molecule has 0 spiro atoms. The average Bonchev–Trinajstić information content (AvgIpc) is 2.34. The van der Waals surface area contributed by atoms with Gasteiger partial charge in [-0.3, -0.25) is 0 Å². The monoisotopic (exact) mass is 220 g/mol. The van der Waals surface area contributed by atoms with Crippen molar-refractivity contribution in [1.82, 2.24) is 0 Å². The van der Waals surface area contributed by atoms with Crippen molar-refractivity contribution in [3.63, 3.8) is 0 Å². The van der Waals surface area contributed by atoms with Crippen molar-refractivity contribution in [2.45, 2.75) is 5.33 Å². The molecular formula is C5H6BBrO2S. The molecule has 54 valence electrons. The van der Waals surface area contributed by atoms with Gasteiger partial charge in [0, 0.05) is 15.0 Å². The summed E-state index contributed by atoms with van der Waals surface area (Å²) in [7, 11) is -1.32. The molecule has 0 bridgehead atoms. The zero-order chi connectivity index (χ0) is 7.56. The van der Waals surface area contributed by atoms with E-state index in [1.54, 1.807) is 6.07 Å². The molecule has 0 aromatic carbocycles. The average molecular weight is 221 g/mol. The highest BCUT2D eigenvalue weighted by Crippen LogP contribution is 2.10. The second-order valence-corrected chi connectivity index (χ2v) is 3.57. The number of alkyl halides is 1. The van der Waals surface area contributed by atoms with Gasteiger partial charge in [0.15, 0.2) is 0 Å². The summed E-state index contributed by atoms with van der Waals surface area (Å²) in [6.07, 6.45) is 0. The molecule has 0 atom stereocenters. The Morgan fingerprint density at radius 2 is 2.20 bits per heavy atom. The minimum absolute atomic E-state index is 0.592. The Kier molecular flexibility index (Phi) is 2.91. The summed E-state index contributed by atoms with van der Waals surface area (Å²) in [6.45, 7) is 0. The summed E-state index contributed by atoms with van der Waals surface area (Å²) < 4.78 is 0.592. The summed E-state index contributed by atoms with van der Waals surface area (Å²) in [5, 5.41) is 18.1. The van der Waals surface area contributed by atoms with Gasteiger partial charge in [-0.25, -0.2) is 0 Å². The summed E-state index contributed by atoms with van der Waals surface area (Å²) in [5.74, 6) is 0. The normalized spacial score (nSPS) is 9.90. The van der Waals surface area contributed by atoms with Crippen LogP contribution in [-0.2, 0) is 5.33 Å². The topological polar surface area (TPSA) is 40.5 Å². The highest BCUT2D eigenvalue weighted by Gasteiger charge is 2.12.